The highest BCUT2D eigenvalue weighted by molar-refractivity contribution is 7.73. The Balaban J connectivity index is 2.12. The van der Waals surface area contributed by atoms with Crippen molar-refractivity contribution in [1.29, 1.82) is 5.26 Å². The minimum absolute atomic E-state index is 0.453. The molecule has 1 saturated heterocycles. The van der Waals surface area contributed by atoms with E-state index < -0.39 is 5.41 Å². The fourth-order valence-corrected chi connectivity index (χ4v) is 3.38. The van der Waals surface area contributed by atoms with Crippen LogP contribution in [0.4, 0.5) is 0 Å². The Morgan fingerprint density at radius 1 is 1.50 bits per heavy atom. The van der Waals surface area contributed by atoms with Gasteiger partial charge in [0, 0.05) is 19.4 Å². The van der Waals surface area contributed by atoms with Crippen LogP contribution in [0, 0.1) is 15.3 Å². The molecule has 0 atom stereocenters. The number of ether oxygens (including phenoxy) is 1. The zero-order valence-electron chi connectivity index (χ0n) is 9.60. The molecule has 0 saturated carbocycles. The predicted molar refractivity (Wildman–Crippen MR) is 72.1 cm³/mol. The van der Waals surface area contributed by atoms with Crippen LogP contribution >= 0.6 is 23.6 Å². The van der Waals surface area contributed by atoms with Crippen molar-refractivity contribution in [2.24, 2.45) is 0 Å². The van der Waals surface area contributed by atoms with Crippen molar-refractivity contribution in [3.05, 3.63) is 21.8 Å². The maximum absolute atomic E-state index is 9.51. The quantitative estimate of drug-likeness (QED) is 0.814. The molecule has 92 valence electrons. The maximum Gasteiger partial charge on any atom is 0.160 e. The number of aromatic amines is 1. The number of pyridine rings is 1. The number of hydrogen-bond donors (Lipinski definition) is 1. The average Bonchev–Trinajstić information content (AvgIpc) is 2.78. The molecule has 0 aliphatic carbocycles. The first-order chi connectivity index (χ1) is 8.73. The Kier molecular flexibility index (Phi) is 2.90. The van der Waals surface area contributed by atoms with Crippen LogP contribution in [0.3, 0.4) is 0 Å². The van der Waals surface area contributed by atoms with Crippen molar-refractivity contribution < 1.29 is 4.74 Å². The highest BCUT2D eigenvalue weighted by Crippen LogP contribution is 2.35. The smallest absolute Gasteiger partial charge is 0.160 e. The molecule has 1 aliphatic rings. The highest BCUT2D eigenvalue weighted by Gasteiger charge is 2.35. The topological polar surface area (TPSA) is 61.7 Å². The molecule has 1 aliphatic heterocycles. The van der Waals surface area contributed by atoms with Gasteiger partial charge in [0.25, 0.3) is 0 Å². The zero-order chi connectivity index (χ0) is 12.6. The van der Waals surface area contributed by atoms with Gasteiger partial charge in [-0.15, -0.1) is 11.3 Å². The number of H-pyrrole nitrogens is 1. The molecule has 2 aromatic rings. The van der Waals surface area contributed by atoms with Gasteiger partial charge in [-0.05, 0) is 36.7 Å². The van der Waals surface area contributed by atoms with Gasteiger partial charge in [-0.3, -0.25) is 0 Å². The van der Waals surface area contributed by atoms with E-state index in [1.807, 2.05) is 6.07 Å². The molecule has 0 amide bonds. The molecule has 4 nitrogen and oxygen atoms in total. The second-order valence-corrected chi connectivity index (χ2v) is 6.11. The van der Waals surface area contributed by atoms with Crippen LogP contribution in [0.25, 0.3) is 10.3 Å². The summed E-state index contributed by atoms with van der Waals surface area (Å²) < 4.78 is 7.08. The van der Waals surface area contributed by atoms with Gasteiger partial charge in [-0.25, -0.2) is 4.98 Å². The third-order valence-electron chi connectivity index (χ3n) is 3.39. The summed E-state index contributed by atoms with van der Waals surface area (Å²) in [6, 6.07) is 4.49. The molecule has 0 spiro atoms. The standard InChI is InChI=1S/C12H11N3OS2/c13-7-12(1-3-16-4-2-12)8-5-9-10(14-6-8)15-11(17)18-9/h5-6H,1-4H2,(H,14,15,17). The van der Waals surface area contributed by atoms with Crippen molar-refractivity contribution >= 4 is 33.9 Å². The summed E-state index contributed by atoms with van der Waals surface area (Å²) in [6.07, 6.45) is 3.24. The van der Waals surface area contributed by atoms with E-state index in [2.05, 4.69) is 16.0 Å². The second-order valence-electron chi connectivity index (χ2n) is 4.39. The largest absolute Gasteiger partial charge is 0.381 e. The molecule has 1 fully saturated rings. The molecule has 0 bridgehead atoms. The van der Waals surface area contributed by atoms with Gasteiger partial charge in [-0.2, -0.15) is 5.26 Å². The molecule has 6 heteroatoms. The first-order valence-electron chi connectivity index (χ1n) is 5.72. The van der Waals surface area contributed by atoms with Crippen LogP contribution in [0.15, 0.2) is 12.3 Å². The Labute approximate surface area is 113 Å². The molecule has 3 rings (SSSR count). The Morgan fingerprint density at radius 2 is 2.28 bits per heavy atom. The van der Waals surface area contributed by atoms with E-state index in [1.54, 1.807) is 6.20 Å². The average molecular weight is 277 g/mol. The first kappa shape index (κ1) is 11.8. The van der Waals surface area contributed by atoms with Crippen LogP contribution < -0.4 is 0 Å². The highest BCUT2D eigenvalue weighted by atomic mass is 32.1. The van der Waals surface area contributed by atoms with Gasteiger partial charge in [0.2, 0.25) is 0 Å². The fraction of sp³-hybridized carbons (Fsp3) is 0.417. The number of fused-ring (bicyclic) bond motifs is 1. The summed E-state index contributed by atoms with van der Waals surface area (Å²) in [4.78, 5) is 7.40. The van der Waals surface area contributed by atoms with E-state index in [-0.39, 0.29) is 0 Å². The predicted octanol–water partition coefficient (Wildman–Crippen LogP) is 2.93. The minimum atomic E-state index is -0.453. The fourth-order valence-electron chi connectivity index (χ4n) is 2.28. The van der Waals surface area contributed by atoms with E-state index in [4.69, 9.17) is 17.0 Å². The normalized spacial score (nSPS) is 18.6. The number of hydrogen-bond acceptors (Lipinski definition) is 5. The second kappa shape index (κ2) is 4.43. The maximum atomic E-state index is 9.51. The summed E-state index contributed by atoms with van der Waals surface area (Å²) >= 11 is 6.60. The third-order valence-corrected chi connectivity index (χ3v) is 4.56. The van der Waals surface area contributed by atoms with Gasteiger partial charge in [0.15, 0.2) is 3.95 Å². The van der Waals surface area contributed by atoms with Crippen molar-refractivity contribution in [2.45, 2.75) is 18.3 Å². The molecule has 0 aromatic carbocycles. The third kappa shape index (κ3) is 1.85. The molecular weight excluding hydrogens is 266 g/mol. The molecule has 0 radical (unpaired) electrons. The number of nitrogens with zero attached hydrogens (tertiary/aromatic N) is 2. The molecule has 2 aromatic heterocycles. The van der Waals surface area contributed by atoms with Gasteiger partial charge in [0.1, 0.15) is 5.65 Å². The van der Waals surface area contributed by atoms with Crippen molar-refractivity contribution in [3.8, 4) is 6.07 Å². The van der Waals surface area contributed by atoms with Crippen LogP contribution in [0.2, 0.25) is 0 Å². The van der Waals surface area contributed by atoms with Crippen molar-refractivity contribution in [3.63, 3.8) is 0 Å². The lowest BCUT2D eigenvalue weighted by Gasteiger charge is -2.30. The number of nitrogens with one attached hydrogen (secondary N) is 1. The summed E-state index contributed by atoms with van der Waals surface area (Å²) in [7, 11) is 0. The van der Waals surface area contributed by atoms with Gasteiger partial charge >= 0.3 is 0 Å². The van der Waals surface area contributed by atoms with Crippen LogP contribution in [0.1, 0.15) is 18.4 Å². The monoisotopic (exact) mass is 277 g/mol. The van der Waals surface area contributed by atoms with Crippen LogP contribution in [0.5, 0.6) is 0 Å². The molecule has 0 unspecified atom stereocenters. The lowest BCUT2D eigenvalue weighted by Crippen LogP contribution is -2.32. The van der Waals surface area contributed by atoms with E-state index in [0.717, 1.165) is 28.8 Å². The summed E-state index contributed by atoms with van der Waals surface area (Å²) in [5, 5.41) is 9.51. The molecule has 1 N–H and O–H groups in total. The van der Waals surface area contributed by atoms with Crippen LogP contribution in [-0.2, 0) is 10.2 Å². The molecule has 18 heavy (non-hydrogen) atoms. The van der Waals surface area contributed by atoms with E-state index >= 15 is 0 Å². The van der Waals surface area contributed by atoms with E-state index in [1.165, 1.54) is 11.3 Å². The van der Waals surface area contributed by atoms with Crippen LogP contribution in [-0.4, -0.2) is 23.2 Å². The van der Waals surface area contributed by atoms with E-state index in [9.17, 15) is 5.26 Å². The number of rotatable bonds is 1. The van der Waals surface area contributed by atoms with E-state index in [0.29, 0.717) is 17.2 Å². The number of thiazole rings is 1. The van der Waals surface area contributed by atoms with Crippen molar-refractivity contribution in [2.75, 3.05) is 13.2 Å². The molecule has 3 heterocycles. The lowest BCUT2D eigenvalue weighted by atomic mass is 9.76. The Hall–Kier alpha value is -1.29. The van der Waals surface area contributed by atoms with Gasteiger partial charge in [0.05, 0.1) is 16.2 Å². The first-order valence-corrected chi connectivity index (χ1v) is 6.94. The summed E-state index contributed by atoms with van der Waals surface area (Å²) in [5.74, 6) is 0. The number of aromatic nitrogens is 2. The zero-order valence-corrected chi connectivity index (χ0v) is 11.2. The minimum Gasteiger partial charge on any atom is -0.381 e. The van der Waals surface area contributed by atoms with Gasteiger partial charge in [-0.1, -0.05) is 0 Å². The Bertz CT molecular complexity index is 676. The number of nitriles is 1. The Morgan fingerprint density at radius 3 is 3.00 bits per heavy atom. The van der Waals surface area contributed by atoms with Gasteiger partial charge < -0.3 is 9.72 Å². The summed E-state index contributed by atoms with van der Waals surface area (Å²) in [6.45, 7) is 1.27. The molecular formula is C12H11N3OS2. The lowest BCUT2D eigenvalue weighted by molar-refractivity contribution is 0.0675. The van der Waals surface area contributed by atoms with Crippen molar-refractivity contribution in [1.82, 2.24) is 9.97 Å². The SMILES string of the molecule is N#CC1(c2cnc3[nH]c(=S)sc3c2)CCOCC1. The summed E-state index contributed by atoms with van der Waals surface area (Å²) in [5.41, 5.74) is 1.32.